The molecule has 6 heteroatoms. The van der Waals surface area contributed by atoms with Crippen LogP contribution >= 0.6 is 0 Å². The Morgan fingerprint density at radius 2 is 1.92 bits per heavy atom. The van der Waals surface area contributed by atoms with Crippen LogP contribution in [0, 0.1) is 11.3 Å². The molecule has 3 aromatic rings. The summed E-state index contributed by atoms with van der Waals surface area (Å²) in [4.78, 5) is 17.4. The number of ether oxygens (including phenoxy) is 1. The van der Waals surface area contributed by atoms with Gasteiger partial charge in [0.05, 0.1) is 11.5 Å². The topological polar surface area (TPSA) is 93.4 Å². The molecular formula is C18H12N4O2. The van der Waals surface area contributed by atoms with Crippen molar-refractivity contribution in [2.45, 2.75) is 5.92 Å². The molecule has 116 valence electrons. The Balaban J connectivity index is 2.09. The second-order valence-electron chi connectivity index (χ2n) is 5.40. The van der Waals surface area contributed by atoms with Crippen LogP contribution in [0.15, 0.2) is 71.0 Å². The van der Waals surface area contributed by atoms with E-state index in [1.165, 1.54) is 4.40 Å². The molecular weight excluding hydrogens is 304 g/mol. The fourth-order valence-electron chi connectivity index (χ4n) is 2.95. The molecule has 2 N–H and O–H groups in total. The number of hydrogen-bond acceptors (Lipinski definition) is 5. The minimum absolute atomic E-state index is 0.0222. The van der Waals surface area contributed by atoms with Gasteiger partial charge in [-0.3, -0.25) is 9.20 Å². The quantitative estimate of drug-likeness (QED) is 0.740. The van der Waals surface area contributed by atoms with Crippen LogP contribution in [0.1, 0.15) is 17.0 Å². The molecule has 0 aliphatic carbocycles. The third-order valence-electron chi connectivity index (χ3n) is 4.04. The van der Waals surface area contributed by atoms with E-state index in [1.54, 1.807) is 24.4 Å². The van der Waals surface area contributed by atoms with Crippen molar-refractivity contribution >= 4 is 5.65 Å². The highest BCUT2D eigenvalue weighted by molar-refractivity contribution is 5.55. The number of nitrogens with two attached hydrogens (primary N) is 1. The normalized spacial score (nSPS) is 16.4. The van der Waals surface area contributed by atoms with Gasteiger partial charge in [-0.05, 0) is 17.7 Å². The molecule has 0 saturated carbocycles. The highest BCUT2D eigenvalue weighted by Gasteiger charge is 2.34. The van der Waals surface area contributed by atoms with E-state index in [9.17, 15) is 10.1 Å². The molecule has 4 rings (SSSR count). The first-order valence-electron chi connectivity index (χ1n) is 7.34. The van der Waals surface area contributed by atoms with Crippen LogP contribution in [0.2, 0.25) is 0 Å². The summed E-state index contributed by atoms with van der Waals surface area (Å²) in [6.07, 6.45) is 1.64. The average Bonchev–Trinajstić information content (AvgIpc) is 2.61. The van der Waals surface area contributed by atoms with E-state index in [4.69, 9.17) is 10.5 Å². The van der Waals surface area contributed by atoms with Crippen molar-refractivity contribution in [1.29, 1.82) is 5.26 Å². The lowest BCUT2D eigenvalue weighted by molar-refractivity contribution is 0.376. The van der Waals surface area contributed by atoms with Crippen molar-refractivity contribution in [3.05, 3.63) is 87.7 Å². The summed E-state index contributed by atoms with van der Waals surface area (Å²) in [6.45, 7) is 0. The molecule has 24 heavy (non-hydrogen) atoms. The second kappa shape index (κ2) is 5.25. The first kappa shape index (κ1) is 14.0. The highest BCUT2D eigenvalue weighted by atomic mass is 16.5. The van der Waals surface area contributed by atoms with Crippen LogP contribution in [-0.2, 0) is 0 Å². The molecule has 0 unspecified atom stereocenters. The van der Waals surface area contributed by atoms with Gasteiger partial charge < -0.3 is 10.5 Å². The summed E-state index contributed by atoms with van der Waals surface area (Å²) in [5.41, 5.74) is 7.41. The second-order valence-corrected chi connectivity index (χ2v) is 5.40. The minimum Gasteiger partial charge on any atom is -0.422 e. The third kappa shape index (κ3) is 1.96. The Bertz CT molecular complexity index is 1080. The smallest absolute Gasteiger partial charge is 0.265 e. The van der Waals surface area contributed by atoms with E-state index in [0.717, 1.165) is 5.56 Å². The first-order chi connectivity index (χ1) is 11.7. The van der Waals surface area contributed by atoms with Gasteiger partial charge in [0.1, 0.15) is 17.3 Å². The monoisotopic (exact) mass is 316 g/mol. The number of rotatable bonds is 1. The maximum atomic E-state index is 13.0. The zero-order valence-corrected chi connectivity index (χ0v) is 12.5. The molecule has 1 aliphatic rings. The van der Waals surface area contributed by atoms with E-state index in [0.29, 0.717) is 11.2 Å². The molecule has 0 radical (unpaired) electrons. The van der Waals surface area contributed by atoms with Crippen molar-refractivity contribution in [2.75, 3.05) is 0 Å². The van der Waals surface area contributed by atoms with Gasteiger partial charge >= 0.3 is 0 Å². The van der Waals surface area contributed by atoms with Gasteiger partial charge in [-0.15, -0.1) is 0 Å². The minimum atomic E-state index is -0.600. The molecule has 0 bridgehead atoms. The number of allylic oxidation sites excluding steroid dienone is 1. The lowest BCUT2D eigenvalue weighted by Crippen LogP contribution is -2.30. The highest BCUT2D eigenvalue weighted by Crippen LogP contribution is 2.39. The van der Waals surface area contributed by atoms with Crippen LogP contribution in [0.3, 0.4) is 0 Å². The van der Waals surface area contributed by atoms with E-state index in [-0.39, 0.29) is 22.9 Å². The number of benzene rings is 1. The van der Waals surface area contributed by atoms with Gasteiger partial charge in [0.2, 0.25) is 11.8 Å². The van der Waals surface area contributed by atoms with Gasteiger partial charge in [-0.1, -0.05) is 36.4 Å². The number of pyridine rings is 1. The Labute approximate surface area is 137 Å². The largest absolute Gasteiger partial charge is 0.422 e. The third-order valence-corrected chi connectivity index (χ3v) is 4.04. The van der Waals surface area contributed by atoms with E-state index in [2.05, 4.69) is 11.1 Å². The number of nitriles is 1. The van der Waals surface area contributed by atoms with Crippen LogP contribution in [0.25, 0.3) is 5.65 Å². The summed E-state index contributed by atoms with van der Waals surface area (Å²) >= 11 is 0. The van der Waals surface area contributed by atoms with Gasteiger partial charge in [0.15, 0.2) is 0 Å². The molecule has 1 aromatic carbocycles. The fraction of sp³-hybridized carbons (Fsp3) is 0.0556. The summed E-state index contributed by atoms with van der Waals surface area (Å²) in [6, 6.07) is 16.6. The van der Waals surface area contributed by atoms with Crippen LogP contribution in [0.4, 0.5) is 0 Å². The van der Waals surface area contributed by atoms with Crippen LogP contribution < -0.4 is 16.0 Å². The van der Waals surface area contributed by atoms with Crippen LogP contribution in [0.5, 0.6) is 5.88 Å². The van der Waals surface area contributed by atoms with E-state index >= 15 is 0 Å². The van der Waals surface area contributed by atoms with Crippen molar-refractivity contribution in [2.24, 2.45) is 5.73 Å². The van der Waals surface area contributed by atoms with E-state index < -0.39 is 5.92 Å². The Hall–Kier alpha value is -3.59. The van der Waals surface area contributed by atoms with E-state index in [1.807, 2.05) is 30.3 Å². The Morgan fingerprint density at radius 1 is 1.17 bits per heavy atom. The zero-order chi connectivity index (χ0) is 16.7. The summed E-state index contributed by atoms with van der Waals surface area (Å²) in [5.74, 6) is -0.473. The standard InChI is InChI=1S/C18H12N4O2/c19-10-12-14(11-6-2-1-3-7-11)15-17(24-16(12)20)21-13-8-4-5-9-22(13)18(15)23/h1-9,14H,20H2/t14-/m0/s1. The molecule has 0 saturated heterocycles. The van der Waals surface area contributed by atoms with Crippen LogP contribution in [-0.4, -0.2) is 9.38 Å². The maximum Gasteiger partial charge on any atom is 0.265 e. The molecule has 2 aromatic heterocycles. The lowest BCUT2D eigenvalue weighted by Gasteiger charge is -2.25. The summed E-state index contributed by atoms with van der Waals surface area (Å²) in [7, 11) is 0. The molecule has 0 amide bonds. The molecule has 0 fully saturated rings. The van der Waals surface area contributed by atoms with Crippen molar-refractivity contribution < 1.29 is 4.74 Å². The number of hydrogen-bond donors (Lipinski definition) is 1. The SMILES string of the molecule is N#CC1=C(N)Oc2nc3ccccn3c(=O)c2[C@H]1c1ccccc1. The molecule has 0 spiro atoms. The molecule has 6 nitrogen and oxygen atoms in total. The van der Waals surface area contributed by atoms with Gasteiger partial charge in [0.25, 0.3) is 5.56 Å². The maximum absolute atomic E-state index is 13.0. The average molecular weight is 316 g/mol. The van der Waals surface area contributed by atoms with Crippen molar-refractivity contribution in [3.63, 3.8) is 0 Å². The molecule has 1 atom stereocenters. The predicted molar refractivity (Wildman–Crippen MR) is 87.2 cm³/mol. The van der Waals surface area contributed by atoms with Gasteiger partial charge in [-0.2, -0.15) is 10.2 Å². The fourth-order valence-corrected chi connectivity index (χ4v) is 2.95. The number of fused-ring (bicyclic) bond motifs is 2. The molecule has 1 aliphatic heterocycles. The van der Waals surface area contributed by atoms with Crippen molar-refractivity contribution in [1.82, 2.24) is 9.38 Å². The summed E-state index contributed by atoms with van der Waals surface area (Å²) in [5, 5.41) is 9.53. The Kier molecular flexibility index (Phi) is 3.07. The zero-order valence-electron chi connectivity index (χ0n) is 12.5. The first-order valence-corrected chi connectivity index (χ1v) is 7.34. The Morgan fingerprint density at radius 3 is 2.67 bits per heavy atom. The van der Waals surface area contributed by atoms with Gasteiger partial charge in [0, 0.05) is 6.20 Å². The van der Waals surface area contributed by atoms with Crippen molar-refractivity contribution in [3.8, 4) is 11.9 Å². The van der Waals surface area contributed by atoms with Gasteiger partial charge in [-0.25, -0.2) is 0 Å². The predicted octanol–water partition coefficient (Wildman–Crippen LogP) is 1.91. The lowest BCUT2D eigenvalue weighted by atomic mass is 9.85. The number of nitrogens with zero attached hydrogens (tertiary/aromatic N) is 3. The number of aromatic nitrogens is 2. The summed E-state index contributed by atoms with van der Waals surface area (Å²) < 4.78 is 6.93. The molecule has 3 heterocycles.